The molecule has 4 heteroatoms. The molecule has 0 N–H and O–H groups in total. The van der Waals surface area contributed by atoms with Crippen LogP contribution in [0.4, 0.5) is 0 Å². The van der Waals surface area contributed by atoms with Crippen LogP contribution in [0.1, 0.15) is 30.2 Å². The molecule has 1 fully saturated rings. The van der Waals surface area contributed by atoms with Gasteiger partial charge >= 0.3 is 0 Å². The number of thiophene rings is 1. The SMILES string of the molecule is CCC1CC1C(Br)c1cc(Cl)sc1Cl. The third-order valence-electron chi connectivity index (χ3n) is 2.86. The molecule has 1 aliphatic carbocycles. The second-order valence-corrected chi connectivity index (χ2v) is 7.02. The molecule has 3 unspecified atom stereocenters. The second kappa shape index (κ2) is 4.32. The summed E-state index contributed by atoms with van der Waals surface area (Å²) in [6.45, 7) is 2.24. The van der Waals surface area contributed by atoms with E-state index in [-0.39, 0.29) is 0 Å². The highest BCUT2D eigenvalue weighted by Gasteiger charge is 2.41. The molecule has 3 atom stereocenters. The minimum absolute atomic E-state index is 0.392. The summed E-state index contributed by atoms with van der Waals surface area (Å²) < 4.78 is 1.61. The van der Waals surface area contributed by atoms with Crippen LogP contribution in [0.3, 0.4) is 0 Å². The first kappa shape index (κ1) is 11.3. The Morgan fingerprint density at radius 3 is 2.79 bits per heavy atom. The van der Waals surface area contributed by atoms with Gasteiger partial charge < -0.3 is 0 Å². The Morgan fingerprint density at radius 2 is 2.36 bits per heavy atom. The normalized spacial score (nSPS) is 27.7. The van der Waals surface area contributed by atoms with Gasteiger partial charge in [0.1, 0.15) is 0 Å². The summed E-state index contributed by atoms with van der Waals surface area (Å²) in [5, 5.41) is 0. The van der Waals surface area contributed by atoms with Gasteiger partial charge in [-0.25, -0.2) is 0 Å². The van der Waals surface area contributed by atoms with Crippen molar-refractivity contribution in [3.8, 4) is 0 Å². The van der Waals surface area contributed by atoms with E-state index >= 15 is 0 Å². The summed E-state index contributed by atoms with van der Waals surface area (Å²) in [5.41, 5.74) is 1.17. The fourth-order valence-corrected chi connectivity index (χ4v) is 4.71. The van der Waals surface area contributed by atoms with Gasteiger partial charge in [-0.05, 0) is 29.9 Å². The van der Waals surface area contributed by atoms with E-state index in [1.165, 1.54) is 29.7 Å². The zero-order valence-corrected chi connectivity index (χ0v) is 11.7. The van der Waals surface area contributed by atoms with E-state index < -0.39 is 0 Å². The summed E-state index contributed by atoms with van der Waals surface area (Å²) in [6, 6.07) is 1.99. The van der Waals surface area contributed by atoms with Crippen LogP contribution in [0.5, 0.6) is 0 Å². The number of rotatable bonds is 3. The molecule has 1 saturated carbocycles. The topological polar surface area (TPSA) is 0 Å². The molecule has 0 aliphatic heterocycles. The van der Waals surface area contributed by atoms with Crippen LogP contribution in [-0.4, -0.2) is 0 Å². The van der Waals surface area contributed by atoms with Crippen molar-refractivity contribution in [2.75, 3.05) is 0 Å². The van der Waals surface area contributed by atoms with Crippen molar-refractivity contribution < 1.29 is 0 Å². The van der Waals surface area contributed by atoms with Crippen LogP contribution in [-0.2, 0) is 0 Å². The third kappa shape index (κ3) is 2.13. The van der Waals surface area contributed by atoms with Crippen molar-refractivity contribution in [3.05, 3.63) is 20.3 Å². The Balaban J connectivity index is 2.12. The summed E-state index contributed by atoms with van der Waals surface area (Å²) in [6.07, 6.45) is 2.58. The van der Waals surface area contributed by atoms with Crippen molar-refractivity contribution in [1.82, 2.24) is 0 Å². The fourth-order valence-electron chi connectivity index (χ4n) is 1.87. The van der Waals surface area contributed by atoms with Gasteiger partial charge in [0.25, 0.3) is 0 Å². The zero-order chi connectivity index (χ0) is 10.3. The molecule has 0 amide bonds. The highest BCUT2D eigenvalue weighted by molar-refractivity contribution is 9.09. The van der Waals surface area contributed by atoms with Crippen LogP contribution >= 0.6 is 50.5 Å². The molecular weight excluding hydrogens is 303 g/mol. The van der Waals surface area contributed by atoms with E-state index in [1.54, 1.807) is 0 Å². The van der Waals surface area contributed by atoms with Crippen molar-refractivity contribution >= 4 is 50.5 Å². The van der Waals surface area contributed by atoms with Crippen molar-refractivity contribution in [1.29, 1.82) is 0 Å². The third-order valence-corrected chi connectivity index (χ3v) is 5.55. The Labute approximate surface area is 107 Å². The molecule has 1 aromatic heterocycles. The van der Waals surface area contributed by atoms with Crippen LogP contribution in [0, 0.1) is 11.8 Å². The molecular formula is C10H11BrCl2S. The zero-order valence-electron chi connectivity index (χ0n) is 7.77. The van der Waals surface area contributed by atoms with Crippen LogP contribution in [0.15, 0.2) is 6.07 Å². The molecule has 0 saturated heterocycles. The largest absolute Gasteiger partial charge is 0.111 e. The van der Waals surface area contributed by atoms with E-state index in [9.17, 15) is 0 Å². The monoisotopic (exact) mass is 312 g/mol. The van der Waals surface area contributed by atoms with Crippen molar-refractivity contribution in [2.45, 2.75) is 24.6 Å². The van der Waals surface area contributed by atoms with Gasteiger partial charge in [0.2, 0.25) is 0 Å². The summed E-state index contributed by atoms with van der Waals surface area (Å²) >= 11 is 17.2. The van der Waals surface area contributed by atoms with Gasteiger partial charge in [-0.2, -0.15) is 0 Å². The first-order chi connectivity index (χ1) is 6.63. The van der Waals surface area contributed by atoms with Crippen LogP contribution in [0.25, 0.3) is 0 Å². The smallest absolute Gasteiger partial charge is 0.0987 e. The number of hydrogen-bond acceptors (Lipinski definition) is 1. The average Bonchev–Trinajstić information content (AvgIpc) is 2.85. The minimum Gasteiger partial charge on any atom is -0.111 e. The molecule has 2 rings (SSSR count). The van der Waals surface area contributed by atoms with Gasteiger partial charge in [0, 0.05) is 4.83 Å². The fraction of sp³-hybridized carbons (Fsp3) is 0.600. The molecule has 1 aromatic rings. The number of hydrogen-bond donors (Lipinski definition) is 0. The van der Waals surface area contributed by atoms with Crippen molar-refractivity contribution in [3.63, 3.8) is 0 Å². The van der Waals surface area contributed by atoms with Gasteiger partial charge in [-0.1, -0.05) is 52.5 Å². The lowest BCUT2D eigenvalue weighted by Crippen LogP contribution is -1.92. The summed E-state index contributed by atoms with van der Waals surface area (Å²) in [5.74, 6) is 1.62. The lowest BCUT2D eigenvalue weighted by Gasteiger charge is -2.07. The summed E-state index contributed by atoms with van der Waals surface area (Å²) in [7, 11) is 0. The first-order valence-electron chi connectivity index (χ1n) is 4.72. The molecule has 0 nitrogen and oxygen atoms in total. The van der Waals surface area contributed by atoms with E-state index in [0.29, 0.717) is 4.83 Å². The molecule has 0 radical (unpaired) electrons. The number of halogens is 3. The van der Waals surface area contributed by atoms with Crippen LogP contribution in [0.2, 0.25) is 8.67 Å². The maximum Gasteiger partial charge on any atom is 0.0987 e. The molecule has 0 spiro atoms. The lowest BCUT2D eigenvalue weighted by atomic mass is 10.1. The maximum absolute atomic E-state index is 6.11. The van der Waals surface area contributed by atoms with Gasteiger partial charge in [-0.3, -0.25) is 0 Å². The predicted molar refractivity (Wildman–Crippen MR) is 67.9 cm³/mol. The minimum atomic E-state index is 0.392. The van der Waals surface area contributed by atoms with E-state index in [1.807, 2.05) is 6.07 Å². The highest BCUT2D eigenvalue weighted by Crippen LogP contribution is 2.55. The highest BCUT2D eigenvalue weighted by atomic mass is 79.9. The van der Waals surface area contributed by atoms with Gasteiger partial charge in [0.15, 0.2) is 0 Å². The predicted octanol–water partition coefficient (Wildman–Crippen LogP) is 5.54. The Hall–Kier alpha value is 0.760. The Bertz CT molecular complexity index is 337. The van der Waals surface area contributed by atoms with E-state index in [4.69, 9.17) is 23.2 Å². The Kier molecular flexibility index (Phi) is 3.48. The maximum atomic E-state index is 6.11. The molecule has 78 valence electrons. The first-order valence-corrected chi connectivity index (χ1v) is 7.21. The molecule has 0 bridgehead atoms. The van der Waals surface area contributed by atoms with E-state index in [0.717, 1.165) is 20.5 Å². The van der Waals surface area contributed by atoms with Gasteiger partial charge in [-0.15, -0.1) is 11.3 Å². The van der Waals surface area contributed by atoms with Crippen molar-refractivity contribution in [2.24, 2.45) is 11.8 Å². The molecule has 1 aliphatic rings. The lowest BCUT2D eigenvalue weighted by molar-refractivity contribution is 0.674. The summed E-state index contributed by atoms with van der Waals surface area (Å²) in [4.78, 5) is 0.392. The van der Waals surface area contributed by atoms with Gasteiger partial charge in [0.05, 0.1) is 8.67 Å². The standard InChI is InChI=1S/C10H11BrCl2S/c1-2-5-3-6(5)9(11)7-4-8(12)14-10(7)13/h4-6,9H,2-3H2,1H3. The molecule has 0 aromatic carbocycles. The molecule has 1 heterocycles. The Morgan fingerprint density at radius 1 is 1.64 bits per heavy atom. The molecule has 14 heavy (non-hydrogen) atoms. The quantitative estimate of drug-likeness (QED) is 0.643. The second-order valence-electron chi connectivity index (χ2n) is 3.75. The van der Waals surface area contributed by atoms with Crippen LogP contribution < -0.4 is 0 Å². The average molecular weight is 314 g/mol. The number of alkyl halides is 1. The van der Waals surface area contributed by atoms with E-state index in [2.05, 4.69) is 22.9 Å².